The van der Waals surface area contributed by atoms with Gasteiger partial charge in [-0.1, -0.05) is 91.5 Å². The van der Waals surface area contributed by atoms with Gasteiger partial charge in [-0.25, -0.2) is 0 Å². The summed E-state index contributed by atoms with van der Waals surface area (Å²) < 4.78 is 0. The van der Waals surface area contributed by atoms with Gasteiger partial charge < -0.3 is 27.0 Å². The van der Waals surface area contributed by atoms with Gasteiger partial charge in [0.2, 0.25) is 5.91 Å². The minimum Gasteiger partial charge on any atom is -0.370 e. The summed E-state index contributed by atoms with van der Waals surface area (Å²) in [4.78, 5) is 33.5. The quantitative estimate of drug-likeness (QED) is 0.0939. The maximum Gasteiger partial charge on any atom is 0.251 e. The van der Waals surface area contributed by atoms with Crippen molar-refractivity contribution < 1.29 is 9.59 Å². The van der Waals surface area contributed by atoms with Crippen molar-refractivity contribution in [3.05, 3.63) is 120 Å². The first-order chi connectivity index (χ1) is 21.8. The summed E-state index contributed by atoms with van der Waals surface area (Å²) in [7, 11) is 0. The Balaban J connectivity index is 1.56. The number of carbonyl (C=O) groups is 2. The minimum atomic E-state index is -0.448. The SMILES string of the molecule is C=C/C=C(\C=C/C)C(c1ccccc1)C(C)N1CCC(CNC(=O)c2ccc3ccccc3c2)NC(CCCN=C(N)N)C1=O. The Morgan fingerprint density at radius 1 is 1.11 bits per heavy atom. The van der Waals surface area contributed by atoms with Crippen LogP contribution in [0.2, 0.25) is 0 Å². The molecule has 4 unspecified atom stereocenters. The van der Waals surface area contributed by atoms with E-state index in [2.05, 4.69) is 47.3 Å². The summed E-state index contributed by atoms with van der Waals surface area (Å²) in [5.41, 5.74) is 13.9. The van der Waals surface area contributed by atoms with E-state index in [4.69, 9.17) is 11.5 Å². The summed E-state index contributed by atoms with van der Waals surface area (Å²) in [5, 5.41) is 8.79. The maximum absolute atomic E-state index is 14.3. The number of hydrogen-bond donors (Lipinski definition) is 4. The van der Waals surface area contributed by atoms with Crippen molar-refractivity contribution in [3.8, 4) is 0 Å². The van der Waals surface area contributed by atoms with Gasteiger partial charge in [-0.2, -0.15) is 0 Å². The maximum atomic E-state index is 14.3. The highest BCUT2D eigenvalue weighted by Gasteiger charge is 2.36. The number of amides is 2. The van der Waals surface area contributed by atoms with E-state index >= 15 is 0 Å². The molecule has 3 aromatic rings. The van der Waals surface area contributed by atoms with E-state index in [-0.39, 0.29) is 35.8 Å². The fourth-order valence-corrected chi connectivity index (χ4v) is 6.15. The third-order valence-corrected chi connectivity index (χ3v) is 8.36. The molecule has 4 rings (SSSR count). The van der Waals surface area contributed by atoms with E-state index in [0.717, 1.165) is 21.9 Å². The first kappa shape index (κ1) is 33.2. The molecule has 0 saturated carbocycles. The van der Waals surface area contributed by atoms with Gasteiger partial charge in [0.25, 0.3) is 5.91 Å². The molecule has 4 atom stereocenters. The Bertz CT molecular complexity index is 1540. The number of guanidine groups is 1. The highest BCUT2D eigenvalue weighted by molar-refractivity contribution is 5.98. The predicted molar refractivity (Wildman–Crippen MR) is 185 cm³/mol. The number of nitrogens with two attached hydrogens (primary N) is 2. The van der Waals surface area contributed by atoms with E-state index in [9.17, 15) is 9.59 Å². The molecule has 0 aliphatic carbocycles. The Labute approximate surface area is 267 Å². The molecule has 1 heterocycles. The molecule has 0 radical (unpaired) electrons. The van der Waals surface area contributed by atoms with Crippen LogP contribution in [-0.4, -0.2) is 60.4 Å². The van der Waals surface area contributed by atoms with Gasteiger partial charge in [-0.3, -0.25) is 14.6 Å². The number of nitrogens with zero attached hydrogens (tertiary/aromatic N) is 2. The second kappa shape index (κ2) is 16.4. The van der Waals surface area contributed by atoms with Gasteiger partial charge in [0.05, 0.1) is 6.04 Å². The van der Waals surface area contributed by atoms with Crippen LogP contribution in [0, 0.1) is 0 Å². The fourth-order valence-electron chi connectivity index (χ4n) is 6.15. The van der Waals surface area contributed by atoms with Crippen molar-refractivity contribution in [2.75, 3.05) is 19.6 Å². The van der Waals surface area contributed by atoms with Crippen molar-refractivity contribution >= 4 is 28.5 Å². The second-order valence-electron chi connectivity index (χ2n) is 11.5. The molecule has 236 valence electrons. The van der Waals surface area contributed by atoms with Gasteiger partial charge in [0.15, 0.2) is 5.96 Å². The fraction of sp³-hybridized carbons (Fsp3) is 0.324. The van der Waals surface area contributed by atoms with Crippen molar-refractivity contribution in [3.63, 3.8) is 0 Å². The van der Waals surface area contributed by atoms with Crippen LogP contribution in [0.5, 0.6) is 0 Å². The number of aliphatic imine (C=N–C) groups is 1. The molecular formula is C37H46N6O2. The molecule has 1 aliphatic rings. The summed E-state index contributed by atoms with van der Waals surface area (Å²) in [5.74, 6) is -0.121. The average molecular weight is 607 g/mol. The van der Waals surface area contributed by atoms with Crippen LogP contribution >= 0.6 is 0 Å². The Morgan fingerprint density at radius 2 is 1.84 bits per heavy atom. The summed E-state index contributed by atoms with van der Waals surface area (Å²) >= 11 is 0. The van der Waals surface area contributed by atoms with Gasteiger partial charge >= 0.3 is 0 Å². The van der Waals surface area contributed by atoms with Crippen molar-refractivity contribution in [2.24, 2.45) is 16.5 Å². The van der Waals surface area contributed by atoms with E-state index < -0.39 is 6.04 Å². The van der Waals surface area contributed by atoms with E-state index in [1.165, 1.54) is 0 Å². The van der Waals surface area contributed by atoms with E-state index in [1.54, 1.807) is 6.08 Å². The summed E-state index contributed by atoms with van der Waals surface area (Å²) in [6, 6.07) is 23.3. The number of allylic oxidation sites excluding steroid dienone is 4. The highest BCUT2D eigenvalue weighted by Crippen LogP contribution is 2.33. The number of fused-ring (bicyclic) bond motifs is 1. The molecule has 3 aromatic carbocycles. The van der Waals surface area contributed by atoms with Crippen LogP contribution in [0.15, 0.2) is 114 Å². The van der Waals surface area contributed by atoms with Crippen LogP contribution in [0.4, 0.5) is 0 Å². The zero-order valence-corrected chi connectivity index (χ0v) is 26.4. The summed E-state index contributed by atoms with van der Waals surface area (Å²) in [6.45, 7) is 9.44. The molecule has 1 aliphatic heterocycles. The normalized spacial score (nSPS) is 18.8. The number of carbonyl (C=O) groups excluding carboxylic acids is 2. The zero-order chi connectivity index (χ0) is 32.2. The standard InChI is InChI=1S/C37H46N6O2/c1-4-12-28(13-5-2)34(29-15-7-6-8-16-29)26(3)43-23-21-32(42-33(36(43)45)18-11-22-40-37(38)39)25-41-35(44)31-20-19-27-14-9-10-17-30(27)24-31/h4-10,12-17,19-20,24,26,32-34,42H,1,11,18,21-23,25H2,2-3H3,(H,41,44)(H4,38,39,40)/b13-5-,28-12+. The Morgan fingerprint density at radius 3 is 2.56 bits per heavy atom. The number of nitrogens with one attached hydrogen (secondary N) is 2. The van der Waals surface area contributed by atoms with E-state index in [0.29, 0.717) is 44.5 Å². The number of benzene rings is 3. The topological polar surface area (TPSA) is 126 Å². The van der Waals surface area contributed by atoms with Crippen molar-refractivity contribution in [2.45, 2.75) is 57.2 Å². The van der Waals surface area contributed by atoms with Crippen LogP contribution in [-0.2, 0) is 4.79 Å². The Kier molecular flexibility index (Phi) is 12.1. The van der Waals surface area contributed by atoms with Crippen LogP contribution in [0.25, 0.3) is 10.8 Å². The van der Waals surface area contributed by atoms with Crippen LogP contribution in [0.1, 0.15) is 54.9 Å². The minimum absolute atomic E-state index is 0.0370. The predicted octanol–water partition coefficient (Wildman–Crippen LogP) is 5.04. The molecular weight excluding hydrogens is 560 g/mol. The smallest absolute Gasteiger partial charge is 0.251 e. The molecule has 2 amide bonds. The van der Waals surface area contributed by atoms with Gasteiger partial charge in [0.1, 0.15) is 0 Å². The van der Waals surface area contributed by atoms with Gasteiger partial charge in [-0.05, 0) is 67.2 Å². The lowest BCUT2D eigenvalue weighted by Gasteiger charge is -2.36. The lowest BCUT2D eigenvalue weighted by molar-refractivity contribution is -0.135. The lowest BCUT2D eigenvalue weighted by Crippen LogP contribution is -2.51. The average Bonchev–Trinajstić information content (AvgIpc) is 3.20. The highest BCUT2D eigenvalue weighted by atomic mass is 16.2. The zero-order valence-electron chi connectivity index (χ0n) is 26.4. The second-order valence-corrected chi connectivity index (χ2v) is 11.5. The monoisotopic (exact) mass is 606 g/mol. The van der Waals surface area contributed by atoms with Crippen molar-refractivity contribution in [1.29, 1.82) is 0 Å². The molecule has 0 spiro atoms. The van der Waals surface area contributed by atoms with E-state index in [1.807, 2.05) is 84.6 Å². The van der Waals surface area contributed by atoms with Crippen molar-refractivity contribution in [1.82, 2.24) is 15.5 Å². The molecule has 8 heteroatoms. The molecule has 0 aromatic heterocycles. The molecule has 6 N–H and O–H groups in total. The largest absolute Gasteiger partial charge is 0.370 e. The lowest BCUT2D eigenvalue weighted by atomic mass is 9.83. The molecule has 1 fully saturated rings. The van der Waals surface area contributed by atoms with Crippen LogP contribution in [0.3, 0.4) is 0 Å². The number of rotatable bonds is 13. The first-order valence-corrected chi connectivity index (χ1v) is 15.7. The Hall–Kier alpha value is -4.69. The summed E-state index contributed by atoms with van der Waals surface area (Å²) in [6.07, 6.45) is 9.82. The molecule has 0 bridgehead atoms. The number of hydrogen-bond acceptors (Lipinski definition) is 4. The third-order valence-electron chi connectivity index (χ3n) is 8.36. The molecule has 1 saturated heterocycles. The van der Waals surface area contributed by atoms with Gasteiger partial charge in [0, 0.05) is 43.2 Å². The molecule has 45 heavy (non-hydrogen) atoms. The molecule has 8 nitrogen and oxygen atoms in total. The first-order valence-electron chi connectivity index (χ1n) is 15.7. The third kappa shape index (κ3) is 8.92. The van der Waals surface area contributed by atoms with Gasteiger partial charge in [-0.15, -0.1) is 0 Å². The van der Waals surface area contributed by atoms with Crippen LogP contribution < -0.4 is 22.1 Å².